The first-order valence-corrected chi connectivity index (χ1v) is 12.4. The van der Waals surface area contributed by atoms with E-state index < -0.39 is 9.84 Å². The second-order valence-electron chi connectivity index (χ2n) is 7.95. The van der Waals surface area contributed by atoms with Gasteiger partial charge in [-0.3, -0.25) is 4.79 Å². The van der Waals surface area contributed by atoms with Crippen LogP contribution in [0.3, 0.4) is 0 Å². The number of carbonyl (C=O) groups excluding carboxylic acids is 1. The summed E-state index contributed by atoms with van der Waals surface area (Å²) in [6, 6.07) is 16.6. The SMILES string of the molecule is COc1ccc(-c2cc(C)no2)cc1S(=O)(=O)CCC(=O)N1CC=C(c2ccccc2)CC1. The fourth-order valence-corrected chi connectivity index (χ4v) is 5.30. The van der Waals surface area contributed by atoms with E-state index in [1.807, 2.05) is 24.3 Å². The molecule has 2 heterocycles. The fraction of sp³-hybridized carbons (Fsp3) is 0.280. The van der Waals surface area contributed by atoms with E-state index in [0.717, 1.165) is 12.0 Å². The quantitative estimate of drug-likeness (QED) is 0.520. The average Bonchev–Trinajstić information content (AvgIpc) is 3.29. The predicted octanol–water partition coefficient (Wildman–Crippen LogP) is 4.14. The van der Waals surface area contributed by atoms with Crippen LogP contribution in [0.15, 0.2) is 70.1 Å². The first-order chi connectivity index (χ1) is 15.9. The van der Waals surface area contributed by atoms with Crippen LogP contribution in [0.4, 0.5) is 0 Å². The zero-order chi connectivity index (χ0) is 23.4. The normalized spacial score (nSPS) is 14.1. The molecule has 1 aliphatic rings. The molecule has 33 heavy (non-hydrogen) atoms. The molecule has 8 heteroatoms. The van der Waals surface area contributed by atoms with Gasteiger partial charge in [0.2, 0.25) is 5.91 Å². The van der Waals surface area contributed by atoms with Crippen LogP contribution in [0, 0.1) is 6.92 Å². The van der Waals surface area contributed by atoms with Gasteiger partial charge in [-0.05, 0) is 42.7 Å². The molecule has 1 amide bonds. The second kappa shape index (κ2) is 9.62. The van der Waals surface area contributed by atoms with Crippen LogP contribution >= 0.6 is 0 Å². The van der Waals surface area contributed by atoms with Gasteiger partial charge >= 0.3 is 0 Å². The number of aromatic nitrogens is 1. The summed E-state index contributed by atoms with van der Waals surface area (Å²) in [6.45, 7) is 2.84. The lowest BCUT2D eigenvalue weighted by Crippen LogP contribution is -2.35. The molecule has 0 spiro atoms. The van der Waals surface area contributed by atoms with E-state index in [0.29, 0.717) is 30.1 Å². The first kappa shape index (κ1) is 22.8. The molecule has 1 aromatic heterocycles. The number of amides is 1. The van der Waals surface area contributed by atoms with Crippen molar-refractivity contribution in [3.63, 3.8) is 0 Å². The summed E-state index contributed by atoms with van der Waals surface area (Å²) < 4.78 is 36.8. The van der Waals surface area contributed by atoms with Gasteiger partial charge in [-0.15, -0.1) is 0 Å². The van der Waals surface area contributed by atoms with E-state index in [4.69, 9.17) is 9.26 Å². The maximum Gasteiger partial charge on any atom is 0.223 e. The second-order valence-corrected chi connectivity index (χ2v) is 10.0. The van der Waals surface area contributed by atoms with Crippen LogP contribution in [-0.4, -0.2) is 50.3 Å². The Bertz CT molecular complexity index is 1280. The van der Waals surface area contributed by atoms with Gasteiger partial charge in [0.25, 0.3) is 0 Å². The van der Waals surface area contributed by atoms with Crippen LogP contribution in [0.5, 0.6) is 5.75 Å². The number of hydrogen-bond donors (Lipinski definition) is 0. The van der Waals surface area contributed by atoms with Crippen molar-refractivity contribution in [1.29, 1.82) is 0 Å². The van der Waals surface area contributed by atoms with E-state index in [9.17, 15) is 13.2 Å². The lowest BCUT2D eigenvalue weighted by molar-refractivity contribution is -0.130. The van der Waals surface area contributed by atoms with Crippen LogP contribution in [0.2, 0.25) is 0 Å². The predicted molar refractivity (Wildman–Crippen MR) is 126 cm³/mol. The molecule has 2 aromatic carbocycles. The Kier molecular flexibility index (Phi) is 6.65. The summed E-state index contributed by atoms with van der Waals surface area (Å²) in [6.07, 6.45) is 2.69. The van der Waals surface area contributed by atoms with Crippen molar-refractivity contribution in [2.75, 3.05) is 26.0 Å². The summed E-state index contributed by atoms with van der Waals surface area (Å²) in [5.74, 6) is 0.225. The Balaban J connectivity index is 1.45. The smallest absolute Gasteiger partial charge is 0.223 e. The van der Waals surface area contributed by atoms with Crippen molar-refractivity contribution in [3.8, 4) is 17.1 Å². The molecular formula is C25H26N2O5S. The van der Waals surface area contributed by atoms with E-state index in [1.54, 1.807) is 30.0 Å². The van der Waals surface area contributed by atoms with Gasteiger partial charge in [-0.1, -0.05) is 41.6 Å². The topological polar surface area (TPSA) is 89.7 Å². The largest absolute Gasteiger partial charge is 0.495 e. The number of ether oxygens (including phenoxy) is 1. The highest BCUT2D eigenvalue weighted by molar-refractivity contribution is 7.91. The van der Waals surface area contributed by atoms with Crippen molar-refractivity contribution in [2.45, 2.75) is 24.7 Å². The molecule has 0 radical (unpaired) electrons. The van der Waals surface area contributed by atoms with E-state index >= 15 is 0 Å². The van der Waals surface area contributed by atoms with E-state index in [1.165, 1.54) is 18.7 Å². The Labute approximate surface area is 193 Å². The summed E-state index contributed by atoms with van der Waals surface area (Å²) in [4.78, 5) is 14.5. The number of carbonyl (C=O) groups is 1. The number of rotatable bonds is 7. The number of sulfone groups is 1. The number of hydrogen-bond acceptors (Lipinski definition) is 6. The molecule has 172 valence electrons. The maximum atomic E-state index is 13.1. The molecule has 0 N–H and O–H groups in total. The summed E-state index contributed by atoms with van der Waals surface area (Å²) in [7, 11) is -2.35. The number of benzene rings is 2. The van der Waals surface area contributed by atoms with E-state index in [2.05, 4.69) is 17.3 Å². The van der Waals surface area contributed by atoms with Crippen LogP contribution in [-0.2, 0) is 14.6 Å². The molecule has 4 rings (SSSR count). The molecule has 0 unspecified atom stereocenters. The zero-order valence-corrected chi connectivity index (χ0v) is 19.5. The van der Waals surface area contributed by atoms with Crippen molar-refractivity contribution < 1.29 is 22.5 Å². The highest BCUT2D eigenvalue weighted by atomic mass is 32.2. The third-order valence-electron chi connectivity index (χ3n) is 5.70. The number of methoxy groups -OCH3 is 1. The molecule has 0 atom stereocenters. The molecule has 0 bridgehead atoms. The zero-order valence-electron chi connectivity index (χ0n) is 18.7. The lowest BCUT2D eigenvalue weighted by Gasteiger charge is -2.26. The van der Waals surface area contributed by atoms with Crippen LogP contribution in [0.1, 0.15) is 24.1 Å². The molecule has 0 aliphatic carbocycles. The first-order valence-electron chi connectivity index (χ1n) is 10.7. The third kappa shape index (κ3) is 5.17. The number of aryl methyl sites for hydroxylation is 1. The molecule has 0 saturated carbocycles. The van der Waals surface area contributed by atoms with Crippen LogP contribution in [0.25, 0.3) is 16.9 Å². The Morgan fingerprint density at radius 3 is 2.55 bits per heavy atom. The minimum absolute atomic E-state index is 0.0363. The molecule has 3 aromatic rings. The van der Waals surface area contributed by atoms with Crippen molar-refractivity contribution >= 4 is 21.3 Å². The summed E-state index contributed by atoms with van der Waals surface area (Å²) >= 11 is 0. The number of nitrogens with zero attached hydrogens (tertiary/aromatic N) is 2. The minimum atomic E-state index is -3.76. The fourth-order valence-electron chi connectivity index (χ4n) is 3.87. The Hall–Kier alpha value is -3.39. The van der Waals surface area contributed by atoms with Gasteiger partial charge in [0, 0.05) is 31.1 Å². The molecule has 0 saturated heterocycles. The third-order valence-corrected chi connectivity index (χ3v) is 7.43. The monoisotopic (exact) mass is 466 g/mol. The van der Waals surface area contributed by atoms with Gasteiger partial charge in [0.15, 0.2) is 15.6 Å². The van der Waals surface area contributed by atoms with Crippen molar-refractivity contribution in [1.82, 2.24) is 10.1 Å². The molecule has 0 fully saturated rings. The molecular weight excluding hydrogens is 440 g/mol. The minimum Gasteiger partial charge on any atom is -0.495 e. The maximum absolute atomic E-state index is 13.1. The average molecular weight is 467 g/mol. The van der Waals surface area contributed by atoms with Gasteiger partial charge in [0.1, 0.15) is 10.6 Å². The van der Waals surface area contributed by atoms with Gasteiger partial charge < -0.3 is 14.2 Å². The summed E-state index contributed by atoms with van der Waals surface area (Å²) in [5.41, 5.74) is 3.63. The highest BCUT2D eigenvalue weighted by Crippen LogP contribution is 2.31. The van der Waals surface area contributed by atoms with Gasteiger partial charge in [-0.2, -0.15) is 0 Å². The van der Waals surface area contributed by atoms with Crippen LogP contribution < -0.4 is 4.74 Å². The van der Waals surface area contributed by atoms with Gasteiger partial charge in [-0.25, -0.2) is 8.42 Å². The Morgan fingerprint density at radius 2 is 1.91 bits per heavy atom. The lowest BCUT2D eigenvalue weighted by atomic mass is 9.99. The van der Waals surface area contributed by atoms with Crippen molar-refractivity contribution in [3.05, 3.63) is 71.9 Å². The summed E-state index contributed by atoms with van der Waals surface area (Å²) in [5, 5.41) is 3.85. The van der Waals surface area contributed by atoms with Gasteiger partial charge in [0.05, 0.1) is 18.6 Å². The molecule has 7 nitrogen and oxygen atoms in total. The standard InChI is InChI=1S/C25H26N2O5S/c1-18-16-23(32-26-18)21-8-9-22(31-2)24(17-21)33(29,30)15-12-25(28)27-13-10-20(11-14-27)19-6-4-3-5-7-19/h3-10,16-17H,11-15H2,1-2H3. The van der Waals surface area contributed by atoms with E-state index in [-0.39, 0.29) is 28.7 Å². The van der Waals surface area contributed by atoms with Crippen molar-refractivity contribution in [2.24, 2.45) is 0 Å². The Morgan fingerprint density at radius 1 is 1.12 bits per heavy atom. The highest BCUT2D eigenvalue weighted by Gasteiger charge is 2.25. The molecule has 1 aliphatic heterocycles.